The monoisotopic (exact) mass is 307 g/mol. The Morgan fingerprint density at radius 2 is 2.15 bits per heavy atom. The van der Waals surface area contributed by atoms with Crippen molar-refractivity contribution in [2.24, 2.45) is 0 Å². The zero-order valence-corrected chi connectivity index (χ0v) is 12.2. The van der Waals surface area contributed by atoms with Crippen LogP contribution in [0.4, 0.5) is 11.4 Å². The molecule has 0 spiro atoms. The van der Waals surface area contributed by atoms with E-state index in [-0.39, 0.29) is 5.91 Å². The SMILES string of the molecule is Nc1cnccc1SCCC(=O)Nc1ccccc1Cl. The van der Waals surface area contributed by atoms with Crippen molar-refractivity contribution in [2.75, 3.05) is 16.8 Å². The molecule has 0 aliphatic rings. The Kier molecular flexibility index (Phi) is 5.26. The number of hydrogen-bond acceptors (Lipinski definition) is 4. The van der Waals surface area contributed by atoms with Gasteiger partial charge in [-0.1, -0.05) is 23.7 Å². The lowest BCUT2D eigenvalue weighted by atomic mass is 10.3. The van der Waals surface area contributed by atoms with Gasteiger partial charge in [0.15, 0.2) is 0 Å². The molecule has 20 heavy (non-hydrogen) atoms. The summed E-state index contributed by atoms with van der Waals surface area (Å²) in [5.74, 6) is 0.572. The quantitative estimate of drug-likeness (QED) is 0.830. The van der Waals surface area contributed by atoms with Gasteiger partial charge in [0.25, 0.3) is 0 Å². The number of nitrogens with two attached hydrogens (primary N) is 1. The molecule has 3 N–H and O–H groups in total. The number of aromatic nitrogens is 1. The molecule has 1 aromatic heterocycles. The fourth-order valence-electron chi connectivity index (χ4n) is 1.55. The van der Waals surface area contributed by atoms with Crippen LogP contribution in [-0.2, 0) is 4.79 Å². The highest BCUT2D eigenvalue weighted by Crippen LogP contribution is 2.24. The fraction of sp³-hybridized carbons (Fsp3) is 0.143. The smallest absolute Gasteiger partial charge is 0.225 e. The van der Waals surface area contributed by atoms with Crippen molar-refractivity contribution in [1.82, 2.24) is 4.98 Å². The number of nitrogens with one attached hydrogen (secondary N) is 1. The number of nitrogens with zero attached hydrogens (tertiary/aromatic N) is 1. The van der Waals surface area contributed by atoms with Crippen LogP contribution in [0, 0.1) is 0 Å². The van der Waals surface area contributed by atoms with Crippen LogP contribution in [0.5, 0.6) is 0 Å². The molecule has 1 heterocycles. The van der Waals surface area contributed by atoms with Gasteiger partial charge >= 0.3 is 0 Å². The second-order valence-corrected chi connectivity index (χ2v) is 5.58. The van der Waals surface area contributed by atoms with Crippen molar-refractivity contribution in [2.45, 2.75) is 11.3 Å². The molecular weight excluding hydrogens is 294 g/mol. The molecule has 6 heteroatoms. The second kappa shape index (κ2) is 7.17. The molecule has 0 radical (unpaired) electrons. The standard InChI is InChI=1S/C14H14ClN3OS/c15-10-3-1-2-4-12(10)18-14(19)6-8-20-13-5-7-17-9-11(13)16/h1-5,7,9H,6,8,16H2,(H,18,19). The molecule has 104 valence electrons. The number of hydrogen-bond donors (Lipinski definition) is 2. The van der Waals surface area contributed by atoms with E-state index >= 15 is 0 Å². The molecule has 0 aliphatic carbocycles. The number of pyridine rings is 1. The van der Waals surface area contributed by atoms with E-state index in [1.165, 1.54) is 11.8 Å². The third-order valence-corrected chi connectivity index (χ3v) is 3.97. The normalized spacial score (nSPS) is 10.2. The summed E-state index contributed by atoms with van der Waals surface area (Å²) in [5.41, 5.74) is 7.04. The minimum atomic E-state index is -0.0711. The van der Waals surface area contributed by atoms with Gasteiger partial charge in [-0.3, -0.25) is 9.78 Å². The van der Waals surface area contributed by atoms with Gasteiger partial charge < -0.3 is 11.1 Å². The van der Waals surface area contributed by atoms with Crippen LogP contribution in [0.2, 0.25) is 5.02 Å². The van der Waals surface area contributed by atoms with Gasteiger partial charge in [0.2, 0.25) is 5.91 Å². The minimum Gasteiger partial charge on any atom is -0.397 e. The first-order chi connectivity index (χ1) is 9.66. The van der Waals surface area contributed by atoms with E-state index in [1.807, 2.05) is 18.2 Å². The van der Waals surface area contributed by atoms with E-state index in [9.17, 15) is 4.79 Å². The Balaban J connectivity index is 1.82. The maximum Gasteiger partial charge on any atom is 0.225 e. The van der Waals surface area contributed by atoms with Crippen molar-refractivity contribution in [3.63, 3.8) is 0 Å². The van der Waals surface area contributed by atoms with Crippen molar-refractivity contribution in [3.8, 4) is 0 Å². The number of carbonyl (C=O) groups is 1. The van der Waals surface area contributed by atoms with Crippen LogP contribution in [0.3, 0.4) is 0 Å². The molecule has 0 fully saturated rings. The van der Waals surface area contributed by atoms with Gasteiger partial charge in [-0.25, -0.2) is 0 Å². The lowest BCUT2D eigenvalue weighted by Gasteiger charge is -2.07. The summed E-state index contributed by atoms with van der Waals surface area (Å²) in [6.07, 6.45) is 3.67. The molecule has 4 nitrogen and oxygen atoms in total. The maximum atomic E-state index is 11.8. The van der Waals surface area contributed by atoms with Gasteiger partial charge in [0.05, 0.1) is 22.6 Å². The highest BCUT2D eigenvalue weighted by molar-refractivity contribution is 7.99. The van der Waals surface area contributed by atoms with Crippen molar-refractivity contribution in [1.29, 1.82) is 0 Å². The van der Waals surface area contributed by atoms with Crippen molar-refractivity contribution >= 4 is 40.6 Å². The summed E-state index contributed by atoms with van der Waals surface area (Å²) < 4.78 is 0. The predicted octanol–water partition coefficient (Wildman–Crippen LogP) is 3.44. The number of thioether (sulfide) groups is 1. The number of rotatable bonds is 5. The Morgan fingerprint density at radius 1 is 1.35 bits per heavy atom. The number of benzene rings is 1. The Morgan fingerprint density at radius 3 is 2.90 bits per heavy atom. The number of amides is 1. The van der Waals surface area contributed by atoms with E-state index in [2.05, 4.69) is 10.3 Å². The van der Waals surface area contributed by atoms with Crippen LogP contribution in [0.15, 0.2) is 47.6 Å². The highest BCUT2D eigenvalue weighted by atomic mass is 35.5. The predicted molar refractivity (Wildman–Crippen MR) is 84.1 cm³/mol. The van der Waals surface area contributed by atoms with Crippen LogP contribution in [-0.4, -0.2) is 16.6 Å². The van der Waals surface area contributed by atoms with Crippen LogP contribution < -0.4 is 11.1 Å². The summed E-state index contributed by atoms with van der Waals surface area (Å²) >= 11 is 7.51. The summed E-state index contributed by atoms with van der Waals surface area (Å²) in [6, 6.07) is 9.00. The Labute approximate surface area is 126 Å². The third-order valence-electron chi connectivity index (χ3n) is 2.54. The van der Waals surface area contributed by atoms with Crippen LogP contribution in [0.25, 0.3) is 0 Å². The van der Waals surface area contributed by atoms with Gasteiger partial charge in [-0.05, 0) is 18.2 Å². The van der Waals surface area contributed by atoms with E-state index < -0.39 is 0 Å². The fourth-order valence-corrected chi connectivity index (χ4v) is 2.62. The van der Waals surface area contributed by atoms with E-state index in [1.54, 1.807) is 24.5 Å². The van der Waals surface area contributed by atoms with Gasteiger partial charge in [-0.2, -0.15) is 0 Å². The summed E-state index contributed by atoms with van der Waals surface area (Å²) in [6.45, 7) is 0. The van der Waals surface area contributed by atoms with Crippen molar-refractivity contribution in [3.05, 3.63) is 47.7 Å². The first-order valence-corrected chi connectivity index (χ1v) is 7.40. The third kappa shape index (κ3) is 4.15. The number of para-hydroxylation sites is 1. The van der Waals surface area contributed by atoms with Crippen LogP contribution >= 0.6 is 23.4 Å². The van der Waals surface area contributed by atoms with Crippen molar-refractivity contribution < 1.29 is 4.79 Å². The molecule has 0 bridgehead atoms. The first kappa shape index (κ1) is 14.7. The summed E-state index contributed by atoms with van der Waals surface area (Å²) in [4.78, 5) is 16.7. The average molecular weight is 308 g/mol. The number of halogens is 1. The average Bonchev–Trinajstić information content (AvgIpc) is 2.43. The first-order valence-electron chi connectivity index (χ1n) is 6.03. The van der Waals surface area contributed by atoms with E-state index in [0.717, 1.165) is 4.90 Å². The van der Waals surface area contributed by atoms with Gasteiger partial charge in [-0.15, -0.1) is 11.8 Å². The molecule has 1 aromatic carbocycles. The van der Waals surface area contributed by atoms with Gasteiger partial charge in [0.1, 0.15) is 0 Å². The molecule has 2 aromatic rings. The van der Waals surface area contributed by atoms with E-state index in [0.29, 0.717) is 28.6 Å². The van der Waals surface area contributed by atoms with Gasteiger partial charge in [0, 0.05) is 23.3 Å². The minimum absolute atomic E-state index is 0.0711. The number of nitrogen functional groups attached to an aromatic ring is 1. The molecule has 2 rings (SSSR count). The number of carbonyl (C=O) groups excluding carboxylic acids is 1. The maximum absolute atomic E-state index is 11.8. The summed E-state index contributed by atoms with van der Waals surface area (Å²) in [7, 11) is 0. The Hall–Kier alpha value is -1.72. The second-order valence-electron chi connectivity index (χ2n) is 4.04. The molecule has 1 amide bonds. The number of anilines is 2. The summed E-state index contributed by atoms with van der Waals surface area (Å²) in [5, 5.41) is 3.32. The Bertz CT molecular complexity index is 606. The lowest BCUT2D eigenvalue weighted by Crippen LogP contribution is -2.12. The highest BCUT2D eigenvalue weighted by Gasteiger charge is 2.06. The lowest BCUT2D eigenvalue weighted by molar-refractivity contribution is -0.115. The molecule has 0 saturated heterocycles. The molecule has 0 unspecified atom stereocenters. The zero-order valence-electron chi connectivity index (χ0n) is 10.7. The topological polar surface area (TPSA) is 68.0 Å². The molecular formula is C14H14ClN3OS. The molecule has 0 aliphatic heterocycles. The van der Waals surface area contributed by atoms with Crippen LogP contribution in [0.1, 0.15) is 6.42 Å². The zero-order chi connectivity index (χ0) is 14.4. The van der Waals surface area contributed by atoms with E-state index in [4.69, 9.17) is 17.3 Å². The largest absolute Gasteiger partial charge is 0.397 e. The molecule has 0 saturated carbocycles. The molecule has 0 atom stereocenters.